The molecule has 2 atom stereocenters. The van der Waals surface area contributed by atoms with Crippen LogP contribution in [0.4, 0.5) is 13.2 Å². The fraction of sp³-hybridized carbons (Fsp3) is 0.364. The van der Waals surface area contributed by atoms with Crippen LogP contribution in [0.3, 0.4) is 0 Å². The summed E-state index contributed by atoms with van der Waals surface area (Å²) in [6.07, 6.45) is -8.65. The molecular weight excluding hydrogens is 269 g/mol. The molecule has 0 heterocycles. The van der Waals surface area contributed by atoms with Crippen molar-refractivity contribution in [2.75, 3.05) is 7.11 Å². The normalized spacial score (nSPS) is 14.8. The quantitative estimate of drug-likeness (QED) is 0.771. The number of rotatable bonds is 4. The number of aliphatic hydroxyl groups is 2. The number of hydrogen-bond donors (Lipinski definition) is 3. The fourth-order valence-electron chi connectivity index (χ4n) is 1.44. The zero-order valence-corrected chi connectivity index (χ0v) is 9.68. The summed E-state index contributed by atoms with van der Waals surface area (Å²) in [4.78, 5) is 10.5. The van der Waals surface area contributed by atoms with Gasteiger partial charge < -0.3 is 20.1 Å². The predicted molar refractivity (Wildman–Crippen MR) is 56.6 cm³/mol. The lowest BCUT2D eigenvalue weighted by molar-refractivity contribution is -0.153. The number of alkyl halides is 3. The number of ether oxygens (including phenoxy) is 1. The molecule has 19 heavy (non-hydrogen) atoms. The summed E-state index contributed by atoms with van der Waals surface area (Å²) in [6.45, 7) is 0. The van der Waals surface area contributed by atoms with Crippen molar-refractivity contribution in [2.24, 2.45) is 0 Å². The molecule has 0 aliphatic rings. The lowest BCUT2D eigenvalue weighted by atomic mass is 10.0. The summed E-state index contributed by atoms with van der Waals surface area (Å²) in [5, 5.41) is 27.3. The van der Waals surface area contributed by atoms with E-state index in [9.17, 15) is 28.2 Å². The first-order chi connectivity index (χ1) is 8.68. The molecule has 5 nitrogen and oxygen atoms in total. The fourth-order valence-corrected chi connectivity index (χ4v) is 1.44. The van der Waals surface area contributed by atoms with Crippen LogP contribution in [-0.4, -0.2) is 34.5 Å². The molecule has 0 bridgehead atoms. The smallest absolute Gasteiger partial charge is 0.416 e. The van der Waals surface area contributed by atoms with Gasteiger partial charge in [0.25, 0.3) is 0 Å². The van der Waals surface area contributed by atoms with E-state index in [-0.39, 0.29) is 11.3 Å². The van der Waals surface area contributed by atoms with Crippen LogP contribution in [0.25, 0.3) is 0 Å². The monoisotopic (exact) mass is 280 g/mol. The van der Waals surface area contributed by atoms with Crippen molar-refractivity contribution in [3.63, 3.8) is 0 Å². The Bertz CT molecular complexity index is 472. The second kappa shape index (κ2) is 5.45. The van der Waals surface area contributed by atoms with E-state index in [0.717, 1.165) is 13.2 Å². The lowest BCUT2D eigenvalue weighted by Gasteiger charge is -2.18. The summed E-state index contributed by atoms with van der Waals surface area (Å²) < 4.78 is 42.1. The van der Waals surface area contributed by atoms with Gasteiger partial charge in [0, 0.05) is 5.56 Å². The Kier molecular flexibility index (Phi) is 4.38. The zero-order valence-electron chi connectivity index (χ0n) is 9.68. The van der Waals surface area contributed by atoms with Gasteiger partial charge in [0.1, 0.15) is 11.9 Å². The Morgan fingerprint density at radius 3 is 2.32 bits per heavy atom. The van der Waals surface area contributed by atoms with Crippen LogP contribution in [0.2, 0.25) is 0 Å². The largest absolute Gasteiger partial charge is 0.496 e. The molecule has 0 amide bonds. The average Bonchev–Trinajstić information content (AvgIpc) is 2.34. The zero-order chi connectivity index (χ0) is 14.8. The van der Waals surface area contributed by atoms with Gasteiger partial charge in [-0.15, -0.1) is 0 Å². The first kappa shape index (κ1) is 15.3. The summed E-state index contributed by atoms with van der Waals surface area (Å²) in [5.74, 6) is -2.06. The predicted octanol–water partition coefficient (Wildman–Crippen LogP) is 1.19. The third-order valence-electron chi connectivity index (χ3n) is 2.43. The van der Waals surface area contributed by atoms with Gasteiger partial charge in [-0.2, -0.15) is 13.2 Å². The van der Waals surface area contributed by atoms with Gasteiger partial charge in [-0.1, -0.05) is 6.07 Å². The van der Waals surface area contributed by atoms with Crippen molar-refractivity contribution in [3.8, 4) is 5.75 Å². The van der Waals surface area contributed by atoms with Crippen molar-refractivity contribution < 1.29 is 38.0 Å². The van der Waals surface area contributed by atoms with E-state index < -0.39 is 29.9 Å². The Hall–Kier alpha value is -1.80. The number of hydrogen-bond acceptors (Lipinski definition) is 4. The van der Waals surface area contributed by atoms with Crippen molar-refractivity contribution in [1.82, 2.24) is 0 Å². The van der Waals surface area contributed by atoms with Gasteiger partial charge in [0.15, 0.2) is 6.10 Å². The highest BCUT2D eigenvalue weighted by atomic mass is 19.4. The molecule has 1 aromatic carbocycles. The first-order valence-corrected chi connectivity index (χ1v) is 5.02. The Balaban J connectivity index is 3.20. The van der Waals surface area contributed by atoms with Gasteiger partial charge in [0.2, 0.25) is 0 Å². The molecule has 0 aliphatic carbocycles. The second-order valence-corrected chi connectivity index (χ2v) is 3.68. The van der Waals surface area contributed by atoms with E-state index in [0.29, 0.717) is 12.1 Å². The first-order valence-electron chi connectivity index (χ1n) is 5.02. The topological polar surface area (TPSA) is 87.0 Å². The minimum absolute atomic E-state index is 0.245. The number of benzene rings is 1. The van der Waals surface area contributed by atoms with E-state index in [1.165, 1.54) is 0 Å². The number of methoxy groups -OCH3 is 1. The summed E-state index contributed by atoms with van der Waals surface area (Å²) in [6, 6.07) is 2.14. The molecule has 0 saturated carbocycles. The lowest BCUT2D eigenvalue weighted by Crippen LogP contribution is -2.27. The van der Waals surface area contributed by atoms with E-state index in [4.69, 9.17) is 5.11 Å². The van der Waals surface area contributed by atoms with Crippen LogP contribution in [-0.2, 0) is 11.0 Å². The van der Waals surface area contributed by atoms with Crippen LogP contribution >= 0.6 is 0 Å². The van der Waals surface area contributed by atoms with E-state index in [1.807, 2.05) is 0 Å². The van der Waals surface area contributed by atoms with Crippen LogP contribution in [0.5, 0.6) is 5.75 Å². The SMILES string of the molecule is COc1cc(C(F)(F)F)ccc1C(O)C(O)C(=O)O. The van der Waals surface area contributed by atoms with Crippen LogP contribution < -0.4 is 4.74 Å². The van der Waals surface area contributed by atoms with Crippen molar-refractivity contribution in [2.45, 2.75) is 18.4 Å². The molecule has 0 aliphatic heterocycles. The van der Waals surface area contributed by atoms with Gasteiger partial charge in [-0.3, -0.25) is 0 Å². The number of aliphatic carboxylic acids is 1. The van der Waals surface area contributed by atoms with E-state index in [2.05, 4.69) is 4.74 Å². The molecule has 106 valence electrons. The minimum Gasteiger partial charge on any atom is -0.496 e. The maximum absolute atomic E-state index is 12.5. The molecule has 0 aromatic heterocycles. The molecule has 3 N–H and O–H groups in total. The summed E-state index contributed by atoms with van der Waals surface area (Å²) in [5.41, 5.74) is -1.25. The molecule has 1 aromatic rings. The standard InChI is InChI=1S/C11H11F3O5/c1-19-7-4-5(11(12,13)14)2-3-6(7)8(15)9(16)10(17)18/h2-4,8-9,15-16H,1H3,(H,17,18). The highest BCUT2D eigenvalue weighted by Crippen LogP contribution is 2.35. The number of halogens is 3. The molecular formula is C11H11F3O5. The van der Waals surface area contributed by atoms with Gasteiger partial charge in [0.05, 0.1) is 12.7 Å². The maximum atomic E-state index is 12.5. The van der Waals surface area contributed by atoms with Crippen molar-refractivity contribution in [1.29, 1.82) is 0 Å². The minimum atomic E-state index is -4.60. The third kappa shape index (κ3) is 3.36. The van der Waals surface area contributed by atoms with E-state index in [1.54, 1.807) is 0 Å². The Morgan fingerprint density at radius 1 is 1.32 bits per heavy atom. The highest BCUT2D eigenvalue weighted by Gasteiger charge is 2.33. The molecule has 0 fully saturated rings. The maximum Gasteiger partial charge on any atom is 0.416 e. The molecule has 0 saturated heterocycles. The van der Waals surface area contributed by atoms with Gasteiger partial charge >= 0.3 is 12.1 Å². The third-order valence-corrected chi connectivity index (χ3v) is 2.43. The summed E-state index contributed by atoms with van der Waals surface area (Å²) >= 11 is 0. The number of carbonyl (C=O) groups is 1. The molecule has 1 rings (SSSR count). The van der Waals surface area contributed by atoms with Crippen LogP contribution in [0.15, 0.2) is 18.2 Å². The summed E-state index contributed by atoms with van der Waals surface area (Å²) in [7, 11) is 1.07. The molecule has 2 unspecified atom stereocenters. The molecule has 0 spiro atoms. The van der Waals surface area contributed by atoms with E-state index >= 15 is 0 Å². The van der Waals surface area contributed by atoms with Gasteiger partial charge in [-0.05, 0) is 12.1 Å². The van der Waals surface area contributed by atoms with Crippen molar-refractivity contribution >= 4 is 5.97 Å². The number of aliphatic hydroxyl groups excluding tert-OH is 2. The Morgan fingerprint density at radius 2 is 1.89 bits per heavy atom. The average molecular weight is 280 g/mol. The van der Waals surface area contributed by atoms with Crippen LogP contribution in [0, 0.1) is 0 Å². The van der Waals surface area contributed by atoms with Crippen LogP contribution in [0.1, 0.15) is 17.2 Å². The molecule has 0 radical (unpaired) electrons. The number of carboxylic acids is 1. The van der Waals surface area contributed by atoms with Gasteiger partial charge in [-0.25, -0.2) is 4.79 Å². The number of carboxylic acid groups (broad SMARTS) is 1. The molecule has 8 heteroatoms. The Labute approximate surface area is 105 Å². The van der Waals surface area contributed by atoms with Crippen molar-refractivity contribution in [3.05, 3.63) is 29.3 Å². The second-order valence-electron chi connectivity index (χ2n) is 3.68. The highest BCUT2D eigenvalue weighted by molar-refractivity contribution is 5.73.